The highest BCUT2D eigenvalue weighted by molar-refractivity contribution is 7.98. The number of amides is 1. The lowest BCUT2D eigenvalue weighted by atomic mass is 10.2. The maximum atomic E-state index is 12.6. The molecular formula is C21H26N2O5S2. The molecule has 0 bridgehead atoms. The van der Waals surface area contributed by atoms with E-state index in [9.17, 15) is 13.2 Å². The highest BCUT2D eigenvalue weighted by atomic mass is 32.2. The molecule has 0 unspecified atom stereocenters. The fraction of sp³-hybridized carbons (Fsp3) is 0.381. The number of hydrogen-bond acceptors (Lipinski definition) is 6. The smallest absolute Gasteiger partial charge is 0.243 e. The van der Waals surface area contributed by atoms with E-state index in [1.165, 1.54) is 5.56 Å². The van der Waals surface area contributed by atoms with Crippen LogP contribution in [0.5, 0.6) is 11.5 Å². The van der Waals surface area contributed by atoms with E-state index in [-0.39, 0.29) is 5.91 Å². The predicted molar refractivity (Wildman–Crippen MR) is 120 cm³/mol. The lowest BCUT2D eigenvalue weighted by Crippen LogP contribution is -2.48. The van der Waals surface area contributed by atoms with Gasteiger partial charge in [-0.1, -0.05) is 30.3 Å². The average Bonchev–Trinajstić information content (AvgIpc) is 2.73. The first kappa shape index (κ1) is 22.3. The Morgan fingerprint density at radius 3 is 2.53 bits per heavy atom. The number of carbonyl (C=O) groups is 1. The van der Waals surface area contributed by atoms with E-state index in [0.29, 0.717) is 36.9 Å². The highest BCUT2D eigenvalue weighted by Gasteiger charge is 2.30. The van der Waals surface area contributed by atoms with Crippen LogP contribution in [0.2, 0.25) is 0 Å². The quantitative estimate of drug-likeness (QED) is 0.592. The third-order valence-electron chi connectivity index (χ3n) is 4.53. The number of ether oxygens (including phenoxy) is 2. The summed E-state index contributed by atoms with van der Waals surface area (Å²) in [7, 11) is -3.69. The first-order valence-corrected chi connectivity index (χ1v) is 12.6. The minimum absolute atomic E-state index is 0.351. The third-order valence-corrected chi connectivity index (χ3v) is 6.80. The number of hydrogen-bond donors (Lipinski definition) is 1. The number of rotatable bonds is 9. The van der Waals surface area contributed by atoms with Crippen molar-refractivity contribution in [2.24, 2.45) is 0 Å². The number of nitrogens with one attached hydrogen (secondary N) is 1. The molecule has 0 spiro atoms. The van der Waals surface area contributed by atoms with E-state index >= 15 is 0 Å². The molecule has 0 radical (unpaired) electrons. The SMILES string of the molecule is C[C@H](C(=O)NCCSCc1ccccc1)N(c1ccc2c(c1)OCCO2)S(C)(=O)=O. The molecule has 2 aromatic carbocycles. The van der Waals surface area contributed by atoms with Crippen LogP contribution in [0.15, 0.2) is 48.5 Å². The highest BCUT2D eigenvalue weighted by Crippen LogP contribution is 2.35. The van der Waals surface area contributed by atoms with Crippen LogP contribution in [0.3, 0.4) is 0 Å². The van der Waals surface area contributed by atoms with E-state index in [4.69, 9.17) is 9.47 Å². The Labute approximate surface area is 181 Å². The molecule has 0 fully saturated rings. The van der Waals surface area contributed by atoms with Gasteiger partial charge in [0.05, 0.1) is 11.9 Å². The van der Waals surface area contributed by atoms with Crippen LogP contribution >= 0.6 is 11.8 Å². The monoisotopic (exact) mass is 450 g/mol. The van der Waals surface area contributed by atoms with Crippen molar-refractivity contribution >= 4 is 33.4 Å². The summed E-state index contributed by atoms with van der Waals surface area (Å²) in [6.45, 7) is 2.87. The maximum absolute atomic E-state index is 12.6. The van der Waals surface area contributed by atoms with Gasteiger partial charge in [0.15, 0.2) is 11.5 Å². The Bertz CT molecular complexity index is 967. The van der Waals surface area contributed by atoms with Crippen LogP contribution in [0.4, 0.5) is 5.69 Å². The summed E-state index contributed by atoms with van der Waals surface area (Å²) in [6, 6.07) is 14.1. The topological polar surface area (TPSA) is 84.9 Å². The molecular weight excluding hydrogens is 424 g/mol. The van der Waals surface area contributed by atoms with Gasteiger partial charge in [-0.25, -0.2) is 8.42 Å². The molecule has 1 atom stereocenters. The number of thioether (sulfide) groups is 1. The zero-order chi connectivity index (χ0) is 21.6. The second kappa shape index (κ2) is 10.1. The normalized spacial score (nSPS) is 14.1. The van der Waals surface area contributed by atoms with E-state index in [1.54, 1.807) is 36.9 Å². The molecule has 1 aliphatic heterocycles. The van der Waals surface area contributed by atoms with Crippen molar-refractivity contribution in [3.8, 4) is 11.5 Å². The molecule has 3 rings (SSSR count). The van der Waals surface area contributed by atoms with Gasteiger partial charge in [-0.2, -0.15) is 11.8 Å². The predicted octanol–water partition coefficient (Wildman–Crippen LogP) is 2.66. The van der Waals surface area contributed by atoms with Crippen molar-refractivity contribution in [2.75, 3.05) is 36.1 Å². The van der Waals surface area contributed by atoms with E-state index < -0.39 is 16.1 Å². The minimum Gasteiger partial charge on any atom is -0.486 e. The molecule has 1 heterocycles. The number of carbonyl (C=O) groups excluding carboxylic acids is 1. The summed E-state index contributed by atoms with van der Waals surface area (Å²) in [5.74, 6) is 2.27. The molecule has 30 heavy (non-hydrogen) atoms. The summed E-state index contributed by atoms with van der Waals surface area (Å²) in [5.41, 5.74) is 1.59. The molecule has 0 aromatic heterocycles. The zero-order valence-electron chi connectivity index (χ0n) is 17.0. The van der Waals surface area contributed by atoms with Gasteiger partial charge in [0.1, 0.15) is 19.3 Å². The molecule has 162 valence electrons. The Balaban J connectivity index is 1.59. The minimum atomic E-state index is -3.69. The number of sulfonamides is 1. The van der Waals surface area contributed by atoms with Crippen LogP contribution in [-0.2, 0) is 20.6 Å². The molecule has 2 aromatic rings. The van der Waals surface area contributed by atoms with Gasteiger partial charge < -0.3 is 14.8 Å². The number of benzene rings is 2. The Morgan fingerprint density at radius 2 is 1.83 bits per heavy atom. The fourth-order valence-electron chi connectivity index (χ4n) is 3.14. The van der Waals surface area contributed by atoms with E-state index in [0.717, 1.165) is 22.1 Å². The zero-order valence-corrected chi connectivity index (χ0v) is 18.7. The van der Waals surface area contributed by atoms with Gasteiger partial charge in [-0.15, -0.1) is 0 Å². The second-order valence-corrected chi connectivity index (χ2v) is 9.86. The van der Waals surface area contributed by atoms with Crippen molar-refractivity contribution in [3.05, 3.63) is 54.1 Å². The standard InChI is InChI=1S/C21H26N2O5S2/c1-16(21(24)22-10-13-29-15-17-6-4-3-5-7-17)23(30(2,25)26)18-8-9-19-20(14-18)28-12-11-27-19/h3-9,14,16H,10-13,15H2,1-2H3,(H,22,24)/t16-/m1/s1. The fourth-order valence-corrected chi connectivity index (χ4v) is 5.12. The Hall–Kier alpha value is -2.39. The number of nitrogens with zero attached hydrogens (tertiary/aromatic N) is 1. The van der Waals surface area contributed by atoms with Gasteiger partial charge >= 0.3 is 0 Å². The van der Waals surface area contributed by atoms with Gasteiger partial charge in [0.2, 0.25) is 15.9 Å². The number of fused-ring (bicyclic) bond motifs is 1. The summed E-state index contributed by atoms with van der Waals surface area (Å²) < 4.78 is 37.0. The van der Waals surface area contributed by atoms with Crippen molar-refractivity contribution < 1.29 is 22.7 Å². The molecule has 1 aliphatic rings. The van der Waals surface area contributed by atoms with Gasteiger partial charge in [0.25, 0.3) is 0 Å². The van der Waals surface area contributed by atoms with Gasteiger partial charge in [-0.3, -0.25) is 9.10 Å². The van der Waals surface area contributed by atoms with Crippen molar-refractivity contribution in [1.29, 1.82) is 0 Å². The van der Waals surface area contributed by atoms with Crippen LogP contribution < -0.4 is 19.1 Å². The molecule has 0 aliphatic carbocycles. The summed E-state index contributed by atoms with van der Waals surface area (Å²) >= 11 is 1.71. The molecule has 0 saturated heterocycles. The van der Waals surface area contributed by atoms with Crippen LogP contribution in [0, 0.1) is 0 Å². The summed E-state index contributed by atoms with van der Waals surface area (Å²) in [6.07, 6.45) is 1.09. The lowest BCUT2D eigenvalue weighted by Gasteiger charge is -2.29. The van der Waals surface area contributed by atoms with Gasteiger partial charge in [0, 0.05) is 24.1 Å². The van der Waals surface area contributed by atoms with Crippen molar-refractivity contribution in [1.82, 2.24) is 5.32 Å². The molecule has 9 heteroatoms. The summed E-state index contributed by atoms with van der Waals surface area (Å²) in [4.78, 5) is 12.6. The summed E-state index contributed by atoms with van der Waals surface area (Å²) in [5, 5.41) is 2.83. The van der Waals surface area contributed by atoms with Crippen LogP contribution in [0.1, 0.15) is 12.5 Å². The van der Waals surface area contributed by atoms with Crippen LogP contribution in [-0.4, -0.2) is 52.1 Å². The van der Waals surface area contributed by atoms with Gasteiger partial charge in [-0.05, 0) is 24.6 Å². The lowest BCUT2D eigenvalue weighted by molar-refractivity contribution is -0.121. The Kier molecular flexibility index (Phi) is 7.49. The largest absolute Gasteiger partial charge is 0.486 e. The maximum Gasteiger partial charge on any atom is 0.243 e. The number of anilines is 1. The third kappa shape index (κ3) is 5.82. The van der Waals surface area contributed by atoms with E-state index in [1.807, 2.05) is 18.2 Å². The second-order valence-electron chi connectivity index (χ2n) is 6.89. The first-order chi connectivity index (χ1) is 14.4. The van der Waals surface area contributed by atoms with Crippen LogP contribution in [0.25, 0.3) is 0 Å². The van der Waals surface area contributed by atoms with E-state index in [2.05, 4.69) is 17.4 Å². The molecule has 1 amide bonds. The van der Waals surface area contributed by atoms with Crippen molar-refractivity contribution in [3.63, 3.8) is 0 Å². The Morgan fingerprint density at radius 1 is 1.13 bits per heavy atom. The molecule has 1 N–H and O–H groups in total. The first-order valence-electron chi connectivity index (χ1n) is 9.64. The molecule has 7 nitrogen and oxygen atoms in total. The van der Waals surface area contributed by atoms with Crippen molar-refractivity contribution in [2.45, 2.75) is 18.7 Å². The average molecular weight is 451 g/mol. The molecule has 0 saturated carbocycles.